The van der Waals surface area contributed by atoms with Crippen LogP contribution in [0.2, 0.25) is 0 Å². The van der Waals surface area contributed by atoms with Crippen molar-refractivity contribution >= 4 is 55.0 Å². The lowest BCUT2D eigenvalue weighted by atomic mass is 9.62. The molecule has 0 amide bonds. The van der Waals surface area contributed by atoms with Crippen molar-refractivity contribution in [2.24, 2.45) is 11.8 Å². The molecule has 0 saturated heterocycles. The van der Waals surface area contributed by atoms with Crippen LogP contribution in [0.5, 0.6) is 0 Å². The van der Waals surface area contributed by atoms with Gasteiger partial charge in [-0.2, -0.15) is 0 Å². The number of benzene rings is 9. The number of hydrogen-bond acceptors (Lipinski definition) is 5. The molecule has 0 saturated carbocycles. The Hall–Kier alpha value is -8.93. The predicted molar refractivity (Wildman–Crippen MR) is 290 cm³/mol. The van der Waals surface area contributed by atoms with Crippen molar-refractivity contribution in [3.8, 4) is 56.4 Å². The van der Waals surface area contributed by atoms with Crippen molar-refractivity contribution in [3.63, 3.8) is 0 Å². The molecule has 3 aromatic heterocycles. The topological polar surface area (TPSA) is 65.0 Å². The molecule has 336 valence electrons. The number of allylic oxidation sites excluding steroid dienone is 4. The quantitative estimate of drug-likeness (QED) is 0.159. The molecule has 3 heterocycles. The van der Waals surface area contributed by atoms with E-state index in [0.717, 1.165) is 89.2 Å². The second kappa shape index (κ2) is 16.6. The summed E-state index contributed by atoms with van der Waals surface area (Å²) in [5.41, 5.74) is 18.6. The highest BCUT2D eigenvalue weighted by molar-refractivity contribution is 6.13. The minimum atomic E-state index is 0.382. The van der Waals surface area contributed by atoms with Gasteiger partial charge in [0.25, 0.3) is 0 Å². The smallest absolute Gasteiger partial charge is 0.164 e. The lowest BCUT2D eigenvalue weighted by Gasteiger charge is -2.41. The third-order valence-corrected chi connectivity index (χ3v) is 15.0. The number of fused-ring (bicyclic) bond motifs is 9. The normalized spacial score (nSPS) is 16.5. The van der Waals surface area contributed by atoms with Crippen LogP contribution in [-0.4, -0.2) is 15.0 Å². The number of aromatic nitrogens is 3. The van der Waals surface area contributed by atoms with Crippen molar-refractivity contribution < 1.29 is 8.83 Å². The molecular weight excluding hydrogens is 867 g/mol. The van der Waals surface area contributed by atoms with Crippen molar-refractivity contribution in [3.05, 3.63) is 247 Å². The third-order valence-electron chi connectivity index (χ3n) is 15.0. The highest BCUT2D eigenvalue weighted by Gasteiger charge is 2.38. The van der Waals surface area contributed by atoms with Gasteiger partial charge in [-0.1, -0.05) is 207 Å². The molecule has 0 fully saturated rings. The SMILES string of the molecule is CC1C2CC=C(c3ccc(-c4ccc5oc6cccc(-c7nc(-c8ccccc8)nc(-c8ccc(-c9cccc%10c9oc9ccccc9%10)cc8)n7)c6c5c4)cc3)C=C2c2ccccc2C1c1ccccc1. The first-order chi connectivity index (χ1) is 35.1. The highest BCUT2D eigenvalue weighted by atomic mass is 16.3. The number of rotatable bonds is 7. The second-order valence-corrected chi connectivity index (χ2v) is 19.0. The first-order valence-corrected chi connectivity index (χ1v) is 24.5. The predicted octanol–water partition coefficient (Wildman–Crippen LogP) is 17.3. The number of nitrogens with zero attached hydrogens (tertiary/aromatic N) is 3. The van der Waals surface area contributed by atoms with Crippen LogP contribution in [-0.2, 0) is 0 Å². The van der Waals surface area contributed by atoms with Gasteiger partial charge in [0.05, 0.1) is 0 Å². The first kappa shape index (κ1) is 41.1. The lowest BCUT2D eigenvalue weighted by Crippen LogP contribution is -2.28. The molecule has 14 rings (SSSR count). The maximum absolute atomic E-state index is 6.55. The average Bonchev–Trinajstić information content (AvgIpc) is 4.02. The molecule has 5 heteroatoms. The molecule has 0 N–H and O–H groups in total. The zero-order valence-corrected chi connectivity index (χ0v) is 39.0. The molecule has 0 aliphatic heterocycles. The van der Waals surface area contributed by atoms with Crippen LogP contribution in [0.25, 0.3) is 111 Å². The van der Waals surface area contributed by atoms with Gasteiger partial charge in [0.1, 0.15) is 22.3 Å². The Morgan fingerprint density at radius 3 is 1.85 bits per heavy atom. The minimum absolute atomic E-state index is 0.382. The van der Waals surface area contributed by atoms with E-state index in [9.17, 15) is 0 Å². The van der Waals surface area contributed by atoms with Crippen molar-refractivity contribution in [2.75, 3.05) is 0 Å². The molecule has 0 bridgehead atoms. The Morgan fingerprint density at radius 2 is 1.01 bits per heavy atom. The summed E-state index contributed by atoms with van der Waals surface area (Å²) in [6.07, 6.45) is 5.94. The van der Waals surface area contributed by atoms with E-state index < -0.39 is 0 Å². The molecule has 2 aliphatic rings. The Kier molecular flexibility index (Phi) is 9.63. The van der Waals surface area contributed by atoms with Crippen LogP contribution in [0.15, 0.2) is 233 Å². The van der Waals surface area contributed by atoms with E-state index in [1.165, 1.54) is 33.4 Å². The Balaban J connectivity index is 0.810. The van der Waals surface area contributed by atoms with Crippen molar-refractivity contribution in [2.45, 2.75) is 19.3 Å². The van der Waals surface area contributed by atoms with Gasteiger partial charge < -0.3 is 8.83 Å². The van der Waals surface area contributed by atoms with Crippen LogP contribution in [0, 0.1) is 11.8 Å². The summed E-state index contributed by atoms with van der Waals surface area (Å²) >= 11 is 0. The van der Waals surface area contributed by atoms with Gasteiger partial charge in [-0.05, 0) is 92.6 Å². The van der Waals surface area contributed by atoms with E-state index in [1.807, 2.05) is 54.6 Å². The van der Waals surface area contributed by atoms with E-state index in [4.69, 9.17) is 23.8 Å². The molecule has 2 aliphatic carbocycles. The van der Waals surface area contributed by atoms with Gasteiger partial charge >= 0.3 is 0 Å². The minimum Gasteiger partial charge on any atom is -0.456 e. The maximum atomic E-state index is 6.55. The summed E-state index contributed by atoms with van der Waals surface area (Å²) in [6.45, 7) is 2.44. The zero-order chi connectivity index (χ0) is 47.0. The fourth-order valence-electron chi connectivity index (χ4n) is 11.5. The van der Waals surface area contributed by atoms with Gasteiger partial charge in [-0.3, -0.25) is 0 Å². The number of para-hydroxylation sites is 2. The number of furan rings is 2. The molecule has 3 atom stereocenters. The second-order valence-electron chi connectivity index (χ2n) is 19.0. The molecule has 3 unspecified atom stereocenters. The van der Waals surface area contributed by atoms with Gasteiger partial charge in [-0.25, -0.2) is 15.0 Å². The van der Waals surface area contributed by atoms with Crippen LogP contribution in [0.1, 0.15) is 41.5 Å². The van der Waals surface area contributed by atoms with Crippen LogP contribution >= 0.6 is 0 Å². The highest BCUT2D eigenvalue weighted by Crippen LogP contribution is 2.52. The third kappa shape index (κ3) is 6.95. The van der Waals surface area contributed by atoms with Crippen molar-refractivity contribution in [1.29, 1.82) is 0 Å². The monoisotopic (exact) mass is 911 g/mol. The van der Waals surface area contributed by atoms with E-state index in [2.05, 4.69) is 177 Å². The first-order valence-electron chi connectivity index (χ1n) is 24.5. The lowest BCUT2D eigenvalue weighted by molar-refractivity contribution is 0.385. The van der Waals surface area contributed by atoms with Crippen LogP contribution in [0.4, 0.5) is 0 Å². The fraction of sp³-hybridized carbons (Fsp3) is 0.0758. The summed E-state index contributed by atoms with van der Waals surface area (Å²) in [5.74, 6) is 3.11. The van der Waals surface area contributed by atoms with E-state index in [1.54, 1.807) is 0 Å². The summed E-state index contributed by atoms with van der Waals surface area (Å²) in [5, 5.41) is 4.19. The largest absolute Gasteiger partial charge is 0.456 e. The van der Waals surface area contributed by atoms with Gasteiger partial charge in [0.2, 0.25) is 0 Å². The van der Waals surface area contributed by atoms with E-state index >= 15 is 0 Å². The summed E-state index contributed by atoms with van der Waals surface area (Å²) < 4.78 is 12.9. The average molecular weight is 912 g/mol. The number of hydrogen-bond donors (Lipinski definition) is 0. The fourth-order valence-corrected chi connectivity index (χ4v) is 11.5. The van der Waals surface area contributed by atoms with Crippen molar-refractivity contribution in [1.82, 2.24) is 15.0 Å². The molecule has 0 spiro atoms. The molecule has 71 heavy (non-hydrogen) atoms. The maximum Gasteiger partial charge on any atom is 0.164 e. The van der Waals surface area contributed by atoms with Gasteiger partial charge in [-0.15, -0.1) is 0 Å². The summed E-state index contributed by atoms with van der Waals surface area (Å²) in [7, 11) is 0. The van der Waals surface area contributed by atoms with Gasteiger partial charge in [0.15, 0.2) is 17.5 Å². The molecule has 12 aromatic rings. The Labute approximate surface area is 411 Å². The zero-order valence-electron chi connectivity index (χ0n) is 39.0. The summed E-state index contributed by atoms with van der Waals surface area (Å²) in [4.78, 5) is 15.5. The molecular formula is C66H45N3O2. The molecule has 5 nitrogen and oxygen atoms in total. The molecule has 0 radical (unpaired) electrons. The summed E-state index contributed by atoms with van der Waals surface area (Å²) in [6, 6.07) is 74.8. The van der Waals surface area contributed by atoms with E-state index in [-0.39, 0.29) is 0 Å². The Bertz CT molecular complexity index is 4090. The standard InChI is InChI=1S/C66H45N3O2/c1-40-49-36-34-47(38-56(49)51-18-8-9-20-53(51)61(40)44-14-4-2-5-15-44)41-26-28-42(29-27-41)48-35-37-59-57(39-48)62-55(23-13-25-60(62)70-59)66-68-64(45-16-6-3-7-17-45)67-65(69-66)46-32-30-43(31-33-46)50-21-12-22-54-52-19-10-11-24-58(52)71-63(50)54/h2-35,37-40,49,61H,36H2,1H3. The Morgan fingerprint density at radius 1 is 0.423 bits per heavy atom. The van der Waals surface area contributed by atoms with Crippen LogP contribution in [0.3, 0.4) is 0 Å². The van der Waals surface area contributed by atoms with Crippen LogP contribution < -0.4 is 0 Å². The molecule has 9 aromatic carbocycles. The van der Waals surface area contributed by atoms with E-state index in [0.29, 0.717) is 35.2 Å². The van der Waals surface area contributed by atoms with Gasteiger partial charge in [0, 0.05) is 49.7 Å².